The van der Waals surface area contributed by atoms with Gasteiger partial charge in [0.15, 0.2) is 0 Å². The van der Waals surface area contributed by atoms with Gasteiger partial charge in [0, 0.05) is 17.8 Å². The van der Waals surface area contributed by atoms with Crippen LogP contribution in [-0.4, -0.2) is 14.7 Å². The minimum atomic E-state index is -0.317. The Kier molecular flexibility index (Phi) is 2.72. The first kappa shape index (κ1) is 10.3. The fourth-order valence-corrected chi connectivity index (χ4v) is 3.20. The van der Waals surface area contributed by atoms with Gasteiger partial charge in [-0.15, -0.1) is 0 Å². The SMILES string of the molecule is OC1CCCc2cnc(C3CCCCC3)n21. The molecule has 1 fully saturated rings. The van der Waals surface area contributed by atoms with Gasteiger partial charge in [-0.05, 0) is 32.1 Å². The second-order valence-corrected chi connectivity index (χ2v) is 5.19. The molecule has 0 bridgehead atoms. The van der Waals surface area contributed by atoms with Crippen LogP contribution in [0.4, 0.5) is 0 Å². The molecule has 3 rings (SSSR count). The first-order valence-corrected chi connectivity index (χ1v) is 6.60. The Bertz CT molecular complexity index is 366. The molecule has 2 heterocycles. The number of aromatic nitrogens is 2. The quantitative estimate of drug-likeness (QED) is 0.790. The third-order valence-corrected chi connectivity index (χ3v) is 4.07. The normalized spacial score (nSPS) is 26.7. The van der Waals surface area contributed by atoms with Crippen LogP contribution >= 0.6 is 0 Å². The predicted octanol–water partition coefficient (Wildman–Crippen LogP) is 2.76. The largest absolute Gasteiger partial charge is 0.373 e. The fraction of sp³-hybridized carbons (Fsp3) is 0.769. The summed E-state index contributed by atoms with van der Waals surface area (Å²) in [6, 6.07) is 0. The lowest BCUT2D eigenvalue weighted by atomic mass is 9.88. The van der Waals surface area contributed by atoms with Gasteiger partial charge < -0.3 is 9.67 Å². The van der Waals surface area contributed by atoms with E-state index in [1.165, 1.54) is 37.8 Å². The fourth-order valence-electron chi connectivity index (χ4n) is 3.20. The molecular formula is C13H20N2O. The molecule has 0 spiro atoms. The van der Waals surface area contributed by atoms with Crippen molar-refractivity contribution in [1.29, 1.82) is 0 Å². The van der Waals surface area contributed by atoms with Crippen LogP contribution in [0.5, 0.6) is 0 Å². The highest BCUT2D eigenvalue weighted by molar-refractivity contribution is 5.13. The number of imidazole rings is 1. The van der Waals surface area contributed by atoms with Crippen LogP contribution in [0, 0.1) is 0 Å². The molecule has 1 unspecified atom stereocenters. The van der Waals surface area contributed by atoms with Crippen LogP contribution in [0.2, 0.25) is 0 Å². The zero-order chi connectivity index (χ0) is 11.0. The predicted molar refractivity (Wildman–Crippen MR) is 62.2 cm³/mol. The van der Waals surface area contributed by atoms with Crippen LogP contribution in [0.1, 0.15) is 68.6 Å². The molecule has 1 atom stereocenters. The maximum Gasteiger partial charge on any atom is 0.132 e. The smallest absolute Gasteiger partial charge is 0.132 e. The van der Waals surface area contributed by atoms with E-state index in [0.717, 1.165) is 25.1 Å². The Morgan fingerprint density at radius 3 is 2.75 bits per heavy atom. The van der Waals surface area contributed by atoms with Crippen molar-refractivity contribution in [1.82, 2.24) is 9.55 Å². The van der Waals surface area contributed by atoms with Crippen molar-refractivity contribution >= 4 is 0 Å². The average molecular weight is 220 g/mol. The highest BCUT2D eigenvalue weighted by Crippen LogP contribution is 2.35. The second kappa shape index (κ2) is 4.21. The highest BCUT2D eigenvalue weighted by Gasteiger charge is 2.26. The molecule has 0 amide bonds. The summed E-state index contributed by atoms with van der Waals surface area (Å²) in [5, 5.41) is 10.1. The summed E-state index contributed by atoms with van der Waals surface area (Å²) in [4.78, 5) is 4.57. The Hall–Kier alpha value is -0.830. The summed E-state index contributed by atoms with van der Waals surface area (Å²) >= 11 is 0. The van der Waals surface area contributed by atoms with Gasteiger partial charge in [0.05, 0.1) is 0 Å². The van der Waals surface area contributed by atoms with E-state index in [2.05, 4.69) is 9.55 Å². The molecule has 1 saturated carbocycles. The summed E-state index contributed by atoms with van der Waals surface area (Å²) in [5.74, 6) is 1.75. The minimum Gasteiger partial charge on any atom is -0.373 e. The van der Waals surface area contributed by atoms with Gasteiger partial charge in [-0.1, -0.05) is 19.3 Å². The molecule has 1 aromatic heterocycles. The molecule has 1 aliphatic carbocycles. The number of hydrogen-bond acceptors (Lipinski definition) is 2. The number of aryl methyl sites for hydroxylation is 1. The summed E-state index contributed by atoms with van der Waals surface area (Å²) in [6.45, 7) is 0. The van der Waals surface area contributed by atoms with Crippen molar-refractivity contribution in [2.75, 3.05) is 0 Å². The molecule has 1 aromatic rings. The summed E-state index contributed by atoms with van der Waals surface area (Å²) < 4.78 is 2.11. The second-order valence-electron chi connectivity index (χ2n) is 5.19. The van der Waals surface area contributed by atoms with E-state index in [-0.39, 0.29) is 6.23 Å². The van der Waals surface area contributed by atoms with Crippen molar-refractivity contribution in [2.45, 2.75) is 63.5 Å². The maximum absolute atomic E-state index is 10.1. The molecule has 1 aliphatic heterocycles. The maximum atomic E-state index is 10.1. The first-order chi connectivity index (χ1) is 7.86. The van der Waals surface area contributed by atoms with Gasteiger partial charge in [0.25, 0.3) is 0 Å². The van der Waals surface area contributed by atoms with E-state index in [1.807, 2.05) is 6.20 Å². The number of rotatable bonds is 1. The lowest BCUT2D eigenvalue weighted by Crippen LogP contribution is -2.21. The molecule has 88 valence electrons. The van der Waals surface area contributed by atoms with Crippen LogP contribution in [0.25, 0.3) is 0 Å². The zero-order valence-electron chi connectivity index (χ0n) is 9.73. The number of aliphatic hydroxyl groups is 1. The van der Waals surface area contributed by atoms with Gasteiger partial charge in [0.2, 0.25) is 0 Å². The van der Waals surface area contributed by atoms with Crippen LogP contribution in [-0.2, 0) is 6.42 Å². The Labute approximate surface area is 96.5 Å². The summed E-state index contributed by atoms with van der Waals surface area (Å²) in [6.07, 6.45) is 11.2. The molecular weight excluding hydrogens is 200 g/mol. The standard InChI is InChI=1S/C13H20N2O/c16-12-8-4-7-11-9-14-13(15(11)12)10-5-2-1-3-6-10/h9-10,12,16H,1-8H2. The van der Waals surface area contributed by atoms with E-state index in [1.54, 1.807) is 0 Å². The monoisotopic (exact) mass is 220 g/mol. The van der Waals surface area contributed by atoms with Gasteiger partial charge in [-0.25, -0.2) is 4.98 Å². The van der Waals surface area contributed by atoms with E-state index < -0.39 is 0 Å². The molecule has 3 nitrogen and oxygen atoms in total. The molecule has 16 heavy (non-hydrogen) atoms. The van der Waals surface area contributed by atoms with E-state index >= 15 is 0 Å². The first-order valence-electron chi connectivity index (χ1n) is 6.60. The zero-order valence-corrected chi connectivity index (χ0v) is 9.73. The van der Waals surface area contributed by atoms with Crippen molar-refractivity contribution < 1.29 is 5.11 Å². The van der Waals surface area contributed by atoms with Gasteiger partial charge in [-0.2, -0.15) is 0 Å². The van der Waals surface area contributed by atoms with Crippen molar-refractivity contribution in [2.24, 2.45) is 0 Å². The number of fused-ring (bicyclic) bond motifs is 1. The topological polar surface area (TPSA) is 38.1 Å². The van der Waals surface area contributed by atoms with E-state index in [0.29, 0.717) is 5.92 Å². The lowest BCUT2D eigenvalue weighted by molar-refractivity contribution is 0.0737. The molecule has 3 heteroatoms. The molecule has 0 saturated heterocycles. The Morgan fingerprint density at radius 2 is 1.94 bits per heavy atom. The van der Waals surface area contributed by atoms with Gasteiger partial charge in [-0.3, -0.25) is 0 Å². The third-order valence-electron chi connectivity index (χ3n) is 4.07. The van der Waals surface area contributed by atoms with Crippen LogP contribution in [0.3, 0.4) is 0 Å². The van der Waals surface area contributed by atoms with Crippen LogP contribution in [0.15, 0.2) is 6.20 Å². The third kappa shape index (κ3) is 1.67. The van der Waals surface area contributed by atoms with Crippen molar-refractivity contribution in [3.8, 4) is 0 Å². The highest BCUT2D eigenvalue weighted by atomic mass is 16.3. The molecule has 0 aromatic carbocycles. The molecule has 2 aliphatic rings. The average Bonchev–Trinajstić information content (AvgIpc) is 2.75. The number of aliphatic hydroxyl groups excluding tert-OH is 1. The molecule has 1 N–H and O–H groups in total. The van der Waals surface area contributed by atoms with Gasteiger partial charge >= 0.3 is 0 Å². The van der Waals surface area contributed by atoms with E-state index in [9.17, 15) is 5.11 Å². The van der Waals surface area contributed by atoms with Crippen molar-refractivity contribution in [3.63, 3.8) is 0 Å². The lowest BCUT2D eigenvalue weighted by Gasteiger charge is -2.27. The Morgan fingerprint density at radius 1 is 1.12 bits per heavy atom. The van der Waals surface area contributed by atoms with E-state index in [4.69, 9.17) is 0 Å². The van der Waals surface area contributed by atoms with Crippen molar-refractivity contribution in [3.05, 3.63) is 17.7 Å². The van der Waals surface area contributed by atoms with Crippen LogP contribution < -0.4 is 0 Å². The number of hydrogen-bond donors (Lipinski definition) is 1. The number of nitrogens with zero attached hydrogens (tertiary/aromatic N) is 2. The Balaban J connectivity index is 1.91. The van der Waals surface area contributed by atoms with Gasteiger partial charge in [0.1, 0.15) is 12.1 Å². The molecule has 0 radical (unpaired) electrons. The minimum absolute atomic E-state index is 0.317. The summed E-state index contributed by atoms with van der Waals surface area (Å²) in [7, 11) is 0. The summed E-state index contributed by atoms with van der Waals surface area (Å²) in [5.41, 5.74) is 1.24.